The average molecular weight is 263 g/mol. The number of hydrogen-bond donors (Lipinski definition) is 2. The van der Waals surface area contributed by atoms with E-state index in [1.165, 1.54) is 24.5 Å². The lowest BCUT2D eigenvalue weighted by molar-refractivity contribution is 0.640. The quantitative estimate of drug-likeness (QED) is 0.640. The Labute approximate surface area is 105 Å². The number of hydrogen-bond acceptors (Lipinski definition) is 5. The number of rotatable bonds is 2. The molecule has 0 aliphatic carbocycles. The zero-order valence-electron chi connectivity index (χ0n) is 8.70. The summed E-state index contributed by atoms with van der Waals surface area (Å²) in [7, 11) is 0. The molecule has 0 aliphatic heterocycles. The zero-order chi connectivity index (χ0) is 13.1. The highest BCUT2D eigenvalue weighted by molar-refractivity contribution is 6.34. The van der Waals surface area contributed by atoms with Gasteiger partial charge >= 0.3 is 0 Å². The number of nitrogens with zero attached hydrogens (tertiary/aromatic N) is 4. The monoisotopic (exact) mass is 262 g/mol. The fourth-order valence-electron chi connectivity index (χ4n) is 1.30. The van der Waals surface area contributed by atoms with Crippen LogP contribution in [0.5, 0.6) is 0 Å². The highest BCUT2D eigenvalue weighted by Gasteiger charge is 2.14. The van der Waals surface area contributed by atoms with Crippen molar-refractivity contribution >= 4 is 34.0 Å². The van der Waals surface area contributed by atoms with E-state index in [9.17, 15) is 4.39 Å². The summed E-state index contributed by atoms with van der Waals surface area (Å²) in [5.41, 5.74) is 2.20. The molecule has 0 fully saturated rings. The van der Waals surface area contributed by atoms with Gasteiger partial charge in [-0.3, -0.25) is 5.43 Å². The largest absolute Gasteiger partial charge is 0.344 e. The summed E-state index contributed by atoms with van der Waals surface area (Å²) in [5.74, 6) is -0.710. The van der Waals surface area contributed by atoms with Crippen LogP contribution in [0.25, 0.3) is 11.0 Å². The average Bonchev–Trinajstić information content (AvgIpc) is 2.82. The molecule has 2 rings (SSSR count). The lowest BCUT2D eigenvalue weighted by Crippen LogP contribution is -1.99. The normalized spacial score (nSPS) is 9.56. The van der Waals surface area contributed by atoms with E-state index < -0.39 is 11.5 Å². The van der Waals surface area contributed by atoms with Crippen LogP contribution >= 0.6 is 11.6 Å². The molecule has 88 valence electrons. The van der Waals surface area contributed by atoms with Crippen LogP contribution in [-0.2, 0) is 0 Å². The van der Waals surface area contributed by atoms with Gasteiger partial charge in [0.15, 0.2) is 5.82 Å². The molecule has 2 N–H and O–H groups in total. The van der Waals surface area contributed by atoms with Gasteiger partial charge in [0.2, 0.25) is 5.71 Å². The molecule has 0 amide bonds. The predicted molar refractivity (Wildman–Crippen MR) is 63.3 cm³/mol. The van der Waals surface area contributed by atoms with Gasteiger partial charge in [0.25, 0.3) is 0 Å². The molecule has 0 radical (unpaired) electrons. The van der Waals surface area contributed by atoms with Crippen LogP contribution in [-0.4, -0.2) is 15.7 Å². The molecular weight excluding hydrogens is 259 g/mol. The number of benzene rings is 1. The van der Waals surface area contributed by atoms with Gasteiger partial charge in [0.1, 0.15) is 23.3 Å². The number of nitrogens with one attached hydrogen (secondary N) is 2. The Morgan fingerprint density at radius 3 is 2.89 bits per heavy atom. The molecule has 1 heterocycles. The first kappa shape index (κ1) is 11.8. The van der Waals surface area contributed by atoms with E-state index in [4.69, 9.17) is 22.1 Å². The molecular formula is C10H4ClFN6. The van der Waals surface area contributed by atoms with Gasteiger partial charge in [-0.2, -0.15) is 15.6 Å². The molecule has 0 saturated carbocycles. The summed E-state index contributed by atoms with van der Waals surface area (Å²) < 4.78 is 14.0. The Morgan fingerprint density at radius 2 is 2.22 bits per heavy atom. The number of hydrazone groups is 1. The molecule has 0 bridgehead atoms. The molecule has 6 nitrogen and oxygen atoms in total. The molecule has 0 spiro atoms. The van der Waals surface area contributed by atoms with E-state index in [0.29, 0.717) is 5.52 Å². The highest BCUT2D eigenvalue weighted by Crippen LogP contribution is 2.30. The van der Waals surface area contributed by atoms with E-state index in [1.807, 2.05) is 0 Å². The minimum atomic E-state index is -0.710. The van der Waals surface area contributed by atoms with Crippen LogP contribution in [0.15, 0.2) is 17.5 Å². The number of aromatic nitrogens is 2. The number of nitriles is 2. The fourth-order valence-corrected chi connectivity index (χ4v) is 1.53. The summed E-state index contributed by atoms with van der Waals surface area (Å²) in [4.78, 5) is 6.49. The molecule has 0 aliphatic rings. The van der Waals surface area contributed by atoms with Crippen LogP contribution in [0, 0.1) is 28.5 Å². The molecule has 1 aromatic heterocycles. The highest BCUT2D eigenvalue weighted by atomic mass is 35.5. The molecule has 1 aromatic carbocycles. The Balaban J connectivity index is 2.49. The summed E-state index contributed by atoms with van der Waals surface area (Å²) in [6.07, 6.45) is 1.33. The van der Waals surface area contributed by atoms with Gasteiger partial charge in [-0.05, 0) is 6.07 Å². The number of H-pyrrole nitrogens is 1. The standard InChI is InChI=1S/C10H4ClFN6/c11-6-1-7-10(16-4-15-7)8(12)9(6)18-17-5(2-13)3-14/h1,4,18H,(H,15,16). The van der Waals surface area contributed by atoms with E-state index in [1.54, 1.807) is 0 Å². The van der Waals surface area contributed by atoms with Crippen molar-refractivity contribution < 1.29 is 4.39 Å². The van der Waals surface area contributed by atoms with Gasteiger partial charge in [0.05, 0.1) is 16.9 Å². The van der Waals surface area contributed by atoms with E-state index in [-0.39, 0.29) is 16.2 Å². The third-order valence-electron chi connectivity index (χ3n) is 2.10. The van der Waals surface area contributed by atoms with Crippen LogP contribution in [0.4, 0.5) is 10.1 Å². The Kier molecular flexibility index (Phi) is 3.09. The number of halogens is 2. The molecule has 0 unspecified atom stereocenters. The predicted octanol–water partition coefficient (Wildman–Crippen LogP) is 2.17. The van der Waals surface area contributed by atoms with Crippen molar-refractivity contribution in [1.82, 2.24) is 9.97 Å². The van der Waals surface area contributed by atoms with Gasteiger partial charge in [-0.1, -0.05) is 11.6 Å². The van der Waals surface area contributed by atoms with Crippen molar-refractivity contribution in [2.45, 2.75) is 0 Å². The topological polar surface area (TPSA) is 101 Å². The minimum absolute atomic E-state index is 0.0585. The van der Waals surface area contributed by atoms with Gasteiger partial charge in [0, 0.05) is 0 Å². The van der Waals surface area contributed by atoms with Crippen molar-refractivity contribution in [3.05, 3.63) is 23.2 Å². The number of imidazole rings is 1. The van der Waals surface area contributed by atoms with Gasteiger partial charge in [-0.25, -0.2) is 9.37 Å². The molecule has 18 heavy (non-hydrogen) atoms. The zero-order valence-corrected chi connectivity index (χ0v) is 9.46. The van der Waals surface area contributed by atoms with E-state index >= 15 is 0 Å². The van der Waals surface area contributed by atoms with Crippen molar-refractivity contribution in [1.29, 1.82) is 10.5 Å². The number of fused-ring (bicyclic) bond motifs is 1. The summed E-state index contributed by atoms with van der Waals surface area (Å²) in [6, 6.07) is 4.53. The Bertz CT molecular complexity index is 704. The SMILES string of the molecule is N#CC(C#N)=NNc1c(Cl)cc2[nH]cnc2c1F. The maximum absolute atomic E-state index is 14.0. The van der Waals surface area contributed by atoms with Crippen LogP contribution in [0.2, 0.25) is 5.02 Å². The second-order valence-electron chi connectivity index (χ2n) is 3.14. The first-order valence-electron chi connectivity index (χ1n) is 4.62. The van der Waals surface area contributed by atoms with Crippen molar-refractivity contribution in [2.24, 2.45) is 5.10 Å². The summed E-state index contributed by atoms with van der Waals surface area (Å²) >= 11 is 5.85. The fraction of sp³-hybridized carbons (Fsp3) is 0. The Hall–Kier alpha value is -2.64. The van der Waals surface area contributed by atoms with Crippen LogP contribution in [0.3, 0.4) is 0 Å². The maximum atomic E-state index is 14.0. The second-order valence-corrected chi connectivity index (χ2v) is 3.55. The first-order valence-corrected chi connectivity index (χ1v) is 5.00. The van der Waals surface area contributed by atoms with E-state index in [0.717, 1.165) is 0 Å². The van der Waals surface area contributed by atoms with Gasteiger partial charge in [-0.15, -0.1) is 0 Å². The smallest absolute Gasteiger partial charge is 0.237 e. The van der Waals surface area contributed by atoms with Crippen molar-refractivity contribution in [3.8, 4) is 12.1 Å². The summed E-state index contributed by atoms with van der Waals surface area (Å²) in [6.45, 7) is 0. The third-order valence-corrected chi connectivity index (χ3v) is 2.40. The van der Waals surface area contributed by atoms with Gasteiger partial charge < -0.3 is 4.98 Å². The first-order chi connectivity index (χ1) is 8.67. The number of aromatic amines is 1. The van der Waals surface area contributed by atoms with Crippen LogP contribution in [0.1, 0.15) is 0 Å². The lowest BCUT2D eigenvalue weighted by Gasteiger charge is -2.05. The Morgan fingerprint density at radius 1 is 1.50 bits per heavy atom. The third kappa shape index (κ3) is 1.95. The van der Waals surface area contributed by atoms with Crippen LogP contribution < -0.4 is 5.43 Å². The maximum Gasteiger partial charge on any atom is 0.237 e. The molecule has 0 atom stereocenters. The molecule has 0 saturated heterocycles. The van der Waals surface area contributed by atoms with Crippen molar-refractivity contribution in [3.63, 3.8) is 0 Å². The molecule has 2 aromatic rings. The molecule has 8 heteroatoms. The number of anilines is 1. The second kappa shape index (κ2) is 4.70. The van der Waals surface area contributed by atoms with E-state index in [2.05, 4.69) is 20.5 Å². The minimum Gasteiger partial charge on any atom is -0.344 e. The lowest BCUT2D eigenvalue weighted by atomic mass is 10.2. The van der Waals surface area contributed by atoms with Crippen molar-refractivity contribution in [2.75, 3.05) is 5.43 Å². The summed E-state index contributed by atoms with van der Waals surface area (Å²) in [5, 5.41) is 20.5.